The molecule has 0 fully saturated rings. The van der Waals surface area contributed by atoms with Gasteiger partial charge in [0.05, 0.1) is 20.7 Å². The maximum absolute atomic E-state index is 12.1. The summed E-state index contributed by atoms with van der Waals surface area (Å²) in [6.07, 6.45) is 0. The van der Waals surface area contributed by atoms with E-state index in [1.807, 2.05) is 43.4 Å². The Balaban J connectivity index is 1.70. The van der Waals surface area contributed by atoms with Gasteiger partial charge in [-0.3, -0.25) is 9.59 Å². The highest BCUT2D eigenvalue weighted by Gasteiger charge is 2.11. The molecule has 0 heterocycles. The molecule has 150 valence electrons. The van der Waals surface area contributed by atoms with Gasteiger partial charge in [-0.1, -0.05) is 24.3 Å². The fourth-order valence-electron chi connectivity index (χ4n) is 2.76. The van der Waals surface area contributed by atoms with Gasteiger partial charge in [-0.05, 0) is 24.3 Å². The average Bonchev–Trinajstić information content (AvgIpc) is 2.71. The third-order valence-electron chi connectivity index (χ3n) is 4.16. The summed E-state index contributed by atoms with van der Waals surface area (Å²) in [5.74, 6) is 1.17. The lowest BCUT2D eigenvalue weighted by Gasteiger charge is -2.15. The summed E-state index contributed by atoms with van der Waals surface area (Å²) in [4.78, 5) is 24.7. The van der Waals surface area contributed by atoms with Gasteiger partial charge in [-0.25, -0.2) is 0 Å². The van der Waals surface area contributed by atoms with Gasteiger partial charge < -0.3 is 25.0 Å². The van der Waals surface area contributed by atoms with E-state index >= 15 is 0 Å². The van der Waals surface area contributed by atoms with Crippen LogP contribution in [-0.4, -0.2) is 52.7 Å². The number of rotatable bonds is 10. The molecule has 2 amide bonds. The molecule has 7 nitrogen and oxygen atoms in total. The fourth-order valence-corrected chi connectivity index (χ4v) is 2.76. The number of benzene rings is 2. The Morgan fingerprint density at radius 1 is 1.04 bits per heavy atom. The molecule has 1 unspecified atom stereocenters. The van der Waals surface area contributed by atoms with Crippen LogP contribution in [-0.2, 0) is 11.3 Å². The van der Waals surface area contributed by atoms with Crippen molar-refractivity contribution in [2.75, 3.05) is 40.9 Å². The molecule has 2 rings (SSSR count). The minimum absolute atomic E-state index is 0.0388. The van der Waals surface area contributed by atoms with Gasteiger partial charge in [-0.2, -0.15) is 0 Å². The number of quaternary nitrogens is 1. The predicted octanol–water partition coefficient (Wildman–Crippen LogP) is 0.265. The maximum Gasteiger partial charge on any atom is 0.275 e. The van der Waals surface area contributed by atoms with Gasteiger partial charge in [0.25, 0.3) is 11.8 Å². The maximum atomic E-state index is 12.1. The van der Waals surface area contributed by atoms with Crippen molar-refractivity contribution in [1.29, 1.82) is 0 Å². The molecule has 0 aromatic heterocycles. The van der Waals surface area contributed by atoms with Crippen molar-refractivity contribution < 1.29 is 24.0 Å². The Hall–Kier alpha value is -3.06. The van der Waals surface area contributed by atoms with Gasteiger partial charge in [-0.15, -0.1) is 0 Å². The van der Waals surface area contributed by atoms with E-state index in [1.54, 1.807) is 26.3 Å². The summed E-state index contributed by atoms with van der Waals surface area (Å²) in [7, 11) is 5.15. The molecular formula is C21H28N3O4+. The molecule has 0 saturated heterocycles. The minimum Gasteiger partial charge on any atom is -0.493 e. The van der Waals surface area contributed by atoms with Crippen LogP contribution < -0.4 is 25.0 Å². The molecule has 0 spiro atoms. The molecule has 7 heteroatoms. The van der Waals surface area contributed by atoms with Crippen LogP contribution >= 0.6 is 0 Å². The zero-order valence-corrected chi connectivity index (χ0v) is 16.6. The van der Waals surface area contributed by atoms with E-state index in [4.69, 9.17) is 9.47 Å². The minimum atomic E-state index is -0.109. The van der Waals surface area contributed by atoms with Crippen molar-refractivity contribution >= 4 is 11.8 Å². The third kappa shape index (κ3) is 6.59. The summed E-state index contributed by atoms with van der Waals surface area (Å²) in [5.41, 5.74) is 1.69. The Morgan fingerprint density at radius 3 is 2.36 bits per heavy atom. The Morgan fingerprint density at radius 2 is 1.71 bits per heavy atom. The number of carbonyl (C=O) groups excluding carboxylic acids is 2. The quantitative estimate of drug-likeness (QED) is 0.512. The van der Waals surface area contributed by atoms with E-state index in [2.05, 4.69) is 10.6 Å². The Labute approximate surface area is 165 Å². The number of methoxy groups -OCH3 is 1. The molecule has 28 heavy (non-hydrogen) atoms. The first-order valence-corrected chi connectivity index (χ1v) is 9.18. The second-order valence-electron chi connectivity index (χ2n) is 6.44. The molecule has 0 aliphatic rings. The van der Waals surface area contributed by atoms with Crippen LogP contribution in [0.2, 0.25) is 0 Å². The molecular weight excluding hydrogens is 358 g/mol. The number of likely N-dealkylation sites (N-methyl/N-ethyl adjacent to an activating group) is 1. The summed E-state index contributed by atoms with van der Waals surface area (Å²) in [6.45, 7) is 1.84. The lowest BCUT2D eigenvalue weighted by molar-refractivity contribution is -0.885. The summed E-state index contributed by atoms with van der Waals surface area (Å²) in [6, 6.07) is 14.8. The van der Waals surface area contributed by atoms with Crippen molar-refractivity contribution in [3.05, 3.63) is 59.7 Å². The van der Waals surface area contributed by atoms with Crippen molar-refractivity contribution in [3.63, 3.8) is 0 Å². The van der Waals surface area contributed by atoms with Crippen LogP contribution in [0.4, 0.5) is 0 Å². The summed E-state index contributed by atoms with van der Waals surface area (Å²) < 4.78 is 10.9. The Kier molecular flexibility index (Phi) is 8.30. The fraction of sp³-hybridized carbons (Fsp3) is 0.333. The van der Waals surface area contributed by atoms with Crippen molar-refractivity contribution in [2.45, 2.75) is 6.54 Å². The lowest BCUT2D eigenvalue weighted by atomic mass is 10.1. The zero-order chi connectivity index (χ0) is 20.4. The normalized spacial score (nSPS) is 11.4. The van der Waals surface area contributed by atoms with Gasteiger partial charge in [0.15, 0.2) is 18.0 Å². The molecule has 2 aromatic carbocycles. The molecule has 2 aromatic rings. The second kappa shape index (κ2) is 10.9. The number of para-hydroxylation sites is 2. The Bertz CT molecular complexity index is 777. The van der Waals surface area contributed by atoms with Gasteiger partial charge in [0.1, 0.15) is 13.2 Å². The first-order valence-electron chi connectivity index (χ1n) is 9.18. The summed E-state index contributed by atoms with van der Waals surface area (Å²) in [5, 5.41) is 5.45. The van der Waals surface area contributed by atoms with Crippen LogP contribution in [0.25, 0.3) is 0 Å². The third-order valence-corrected chi connectivity index (χ3v) is 4.16. The molecule has 0 saturated carbocycles. The average molecular weight is 386 g/mol. The molecule has 3 N–H and O–H groups in total. The first-order chi connectivity index (χ1) is 13.5. The van der Waals surface area contributed by atoms with Crippen molar-refractivity contribution in [1.82, 2.24) is 10.6 Å². The van der Waals surface area contributed by atoms with E-state index in [0.717, 1.165) is 10.5 Å². The molecule has 1 atom stereocenters. The number of carbonyl (C=O) groups is 2. The molecule has 0 aliphatic heterocycles. The molecule has 0 radical (unpaired) electrons. The van der Waals surface area contributed by atoms with Crippen LogP contribution in [0, 0.1) is 0 Å². The number of ether oxygens (including phenoxy) is 2. The van der Waals surface area contributed by atoms with Gasteiger partial charge >= 0.3 is 0 Å². The number of hydrogen-bond acceptors (Lipinski definition) is 4. The summed E-state index contributed by atoms with van der Waals surface area (Å²) >= 11 is 0. The van der Waals surface area contributed by atoms with Crippen LogP contribution in [0.3, 0.4) is 0 Å². The topological polar surface area (TPSA) is 81.1 Å². The predicted molar refractivity (Wildman–Crippen MR) is 107 cm³/mol. The molecule has 0 aliphatic carbocycles. The van der Waals surface area contributed by atoms with Gasteiger partial charge in [0.2, 0.25) is 0 Å². The van der Waals surface area contributed by atoms with Gasteiger partial charge in [0, 0.05) is 18.2 Å². The highest BCUT2D eigenvalue weighted by atomic mass is 16.5. The number of hydrogen-bond donors (Lipinski definition) is 3. The second-order valence-corrected chi connectivity index (χ2v) is 6.44. The SMILES string of the molecule is CNC(=O)c1ccc(C[NH+](C)CC(=O)NCCOc2ccccc2OC)cc1. The lowest BCUT2D eigenvalue weighted by Crippen LogP contribution is -3.08. The highest BCUT2D eigenvalue weighted by Crippen LogP contribution is 2.25. The first kappa shape index (κ1) is 21.2. The highest BCUT2D eigenvalue weighted by molar-refractivity contribution is 5.93. The zero-order valence-electron chi connectivity index (χ0n) is 16.6. The van der Waals surface area contributed by atoms with E-state index in [0.29, 0.717) is 43.3 Å². The van der Waals surface area contributed by atoms with E-state index in [1.165, 1.54) is 0 Å². The van der Waals surface area contributed by atoms with Crippen LogP contribution in [0.5, 0.6) is 11.5 Å². The standard InChI is InChI=1S/C21H27N3O4/c1-22-21(26)17-10-8-16(9-11-17)14-24(2)15-20(25)23-12-13-28-19-7-5-4-6-18(19)27-3/h4-11H,12-15H2,1-3H3,(H,22,26)(H,23,25)/p+1. The van der Waals surface area contributed by atoms with Crippen LogP contribution in [0.1, 0.15) is 15.9 Å². The van der Waals surface area contributed by atoms with E-state index in [-0.39, 0.29) is 11.8 Å². The number of nitrogens with one attached hydrogen (secondary N) is 3. The molecule has 0 bridgehead atoms. The van der Waals surface area contributed by atoms with Crippen LogP contribution in [0.15, 0.2) is 48.5 Å². The van der Waals surface area contributed by atoms with E-state index < -0.39 is 0 Å². The van der Waals surface area contributed by atoms with Crippen molar-refractivity contribution in [2.24, 2.45) is 0 Å². The number of amides is 2. The van der Waals surface area contributed by atoms with Crippen molar-refractivity contribution in [3.8, 4) is 11.5 Å². The smallest absolute Gasteiger partial charge is 0.275 e. The largest absolute Gasteiger partial charge is 0.493 e. The van der Waals surface area contributed by atoms with E-state index in [9.17, 15) is 9.59 Å². The monoisotopic (exact) mass is 386 g/mol.